The monoisotopic (exact) mass is 250 g/mol. The molecule has 0 unspecified atom stereocenters. The van der Waals surface area contributed by atoms with Gasteiger partial charge in [0.1, 0.15) is 6.07 Å². The van der Waals surface area contributed by atoms with Crippen molar-refractivity contribution < 1.29 is 0 Å². The van der Waals surface area contributed by atoms with Crippen LogP contribution < -0.4 is 5.32 Å². The van der Waals surface area contributed by atoms with Crippen LogP contribution in [-0.4, -0.2) is 0 Å². The summed E-state index contributed by atoms with van der Waals surface area (Å²) in [6.45, 7) is 2.20. The summed E-state index contributed by atoms with van der Waals surface area (Å²) in [7, 11) is 0. The second-order valence-corrected chi connectivity index (χ2v) is 4.58. The first-order valence-electron chi connectivity index (χ1n) is 6.68. The average Bonchev–Trinajstić information content (AvgIpc) is 2.47. The minimum atomic E-state index is 0.664. The molecule has 0 aromatic heterocycles. The molecule has 0 aliphatic carbocycles. The van der Waals surface area contributed by atoms with Crippen LogP contribution in [0.15, 0.2) is 48.5 Å². The molecule has 2 aromatic rings. The summed E-state index contributed by atoms with van der Waals surface area (Å²) in [4.78, 5) is 0. The molecule has 0 aliphatic heterocycles. The lowest BCUT2D eigenvalue weighted by molar-refractivity contribution is 0.795. The van der Waals surface area contributed by atoms with Crippen LogP contribution >= 0.6 is 0 Å². The second-order valence-electron chi connectivity index (χ2n) is 4.58. The van der Waals surface area contributed by atoms with E-state index in [9.17, 15) is 0 Å². The van der Waals surface area contributed by atoms with Gasteiger partial charge in [-0.25, -0.2) is 0 Å². The minimum absolute atomic E-state index is 0.664. The zero-order valence-electron chi connectivity index (χ0n) is 11.2. The van der Waals surface area contributed by atoms with Gasteiger partial charge in [-0.05, 0) is 42.7 Å². The Morgan fingerprint density at radius 2 is 1.79 bits per heavy atom. The molecular formula is C17H18N2. The van der Waals surface area contributed by atoms with Gasteiger partial charge in [0, 0.05) is 5.69 Å². The number of nitriles is 1. The van der Waals surface area contributed by atoms with Crippen LogP contribution in [0, 0.1) is 11.3 Å². The maximum Gasteiger partial charge on any atom is 0.101 e. The van der Waals surface area contributed by atoms with E-state index in [1.54, 1.807) is 0 Å². The van der Waals surface area contributed by atoms with Crippen LogP contribution in [0.25, 0.3) is 0 Å². The molecule has 0 fully saturated rings. The van der Waals surface area contributed by atoms with Gasteiger partial charge in [-0.15, -0.1) is 0 Å². The van der Waals surface area contributed by atoms with E-state index >= 15 is 0 Å². The van der Waals surface area contributed by atoms with Crippen molar-refractivity contribution in [1.82, 2.24) is 0 Å². The fourth-order valence-corrected chi connectivity index (χ4v) is 1.98. The summed E-state index contributed by atoms with van der Waals surface area (Å²) in [6, 6.07) is 18.2. The van der Waals surface area contributed by atoms with Crippen molar-refractivity contribution in [2.75, 3.05) is 5.32 Å². The molecule has 96 valence electrons. The van der Waals surface area contributed by atoms with Crippen molar-refractivity contribution in [3.05, 3.63) is 59.7 Å². The summed E-state index contributed by atoms with van der Waals surface area (Å²) in [6.07, 6.45) is 3.57. The van der Waals surface area contributed by atoms with Crippen LogP contribution in [0.1, 0.15) is 30.9 Å². The number of nitrogens with one attached hydrogen (secondary N) is 1. The van der Waals surface area contributed by atoms with E-state index in [4.69, 9.17) is 5.26 Å². The highest BCUT2D eigenvalue weighted by molar-refractivity contribution is 5.66. The van der Waals surface area contributed by atoms with E-state index in [-0.39, 0.29) is 0 Å². The molecule has 2 heteroatoms. The van der Waals surface area contributed by atoms with E-state index in [0.29, 0.717) is 5.56 Å². The summed E-state index contributed by atoms with van der Waals surface area (Å²) < 4.78 is 0. The van der Waals surface area contributed by atoms with Gasteiger partial charge >= 0.3 is 0 Å². The maximum atomic E-state index is 9.05. The molecule has 19 heavy (non-hydrogen) atoms. The van der Waals surface area contributed by atoms with Crippen LogP contribution in [-0.2, 0) is 6.42 Å². The third-order valence-corrected chi connectivity index (χ3v) is 3.10. The van der Waals surface area contributed by atoms with Crippen LogP contribution in [0.4, 0.5) is 11.4 Å². The Labute approximate surface area is 114 Å². The fourth-order valence-electron chi connectivity index (χ4n) is 1.98. The molecule has 2 rings (SSSR count). The summed E-state index contributed by atoms with van der Waals surface area (Å²) in [5, 5.41) is 12.3. The Morgan fingerprint density at radius 3 is 2.47 bits per heavy atom. The molecule has 0 aliphatic rings. The molecule has 0 atom stereocenters. The smallest absolute Gasteiger partial charge is 0.101 e. The third kappa shape index (κ3) is 3.59. The highest BCUT2D eigenvalue weighted by atomic mass is 14.9. The molecule has 2 aromatic carbocycles. The molecule has 0 amide bonds. The molecule has 0 radical (unpaired) electrons. The van der Waals surface area contributed by atoms with Crippen molar-refractivity contribution in [2.24, 2.45) is 0 Å². The minimum Gasteiger partial charge on any atom is -0.354 e. The Hall–Kier alpha value is -2.27. The first-order chi connectivity index (χ1) is 9.33. The normalized spacial score (nSPS) is 9.89. The number of benzene rings is 2. The quantitative estimate of drug-likeness (QED) is 0.838. The van der Waals surface area contributed by atoms with E-state index in [1.165, 1.54) is 18.4 Å². The van der Waals surface area contributed by atoms with Crippen molar-refractivity contribution in [2.45, 2.75) is 26.2 Å². The number of rotatable bonds is 5. The molecular weight excluding hydrogens is 232 g/mol. The van der Waals surface area contributed by atoms with Gasteiger partial charge in [-0.2, -0.15) is 5.26 Å². The molecule has 2 nitrogen and oxygen atoms in total. The van der Waals surface area contributed by atoms with Gasteiger partial charge in [-0.1, -0.05) is 37.6 Å². The number of para-hydroxylation sites is 1. The second kappa shape index (κ2) is 6.61. The number of aryl methyl sites for hydroxylation is 1. The van der Waals surface area contributed by atoms with E-state index < -0.39 is 0 Å². The fraction of sp³-hybridized carbons (Fsp3) is 0.235. The number of unbranched alkanes of at least 4 members (excludes halogenated alkanes) is 1. The largest absolute Gasteiger partial charge is 0.354 e. The molecule has 0 saturated heterocycles. The lowest BCUT2D eigenvalue weighted by Gasteiger charge is -2.08. The summed E-state index contributed by atoms with van der Waals surface area (Å²) in [5.41, 5.74) is 3.90. The first-order valence-corrected chi connectivity index (χ1v) is 6.68. The van der Waals surface area contributed by atoms with E-state index in [2.05, 4.69) is 42.6 Å². The number of hydrogen-bond acceptors (Lipinski definition) is 2. The third-order valence-electron chi connectivity index (χ3n) is 3.10. The molecule has 0 spiro atoms. The standard InChI is InChI=1S/C17H18N2/c1-2-3-6-14-9-11-16(12-10-14)19-17-8-5-4-7-15(17)13-18/h4-5,7-12,19H,2-3,6H2,1H3. The van der Waals surface area contributed by atoms with Gasteiger partial charge in [-0.3, -0.25) is 0 Å². The molecule has 0 saturated carbocycles. The van der Waals surface area contributed by atoms with Crippen LogP contribution in [0.2, 0.25) is 0 Å². The Morgan fingerprint density at radius 1 is 1.05 bits per heavy atom. The van der Waals surface area contributed by atoms with E-state index in [0.717, 1.165) is 17.8 Å². The lowest BCUT2D eigenvalue weighted by atomic mass is 10.1. The lowest BCUT2D eigenvalue weighted by Crippen LogP contribution is -1.93. The molecule has 0 bridgehead atoms. The van der Waals surface area contributed by atoms with Crippen molar-refractivity contribution >= 4 is 11.4 Å². The van der Waals surface area contributed by atoms with Gasteiger partial charge in [0.15, 0.2) is 0 Å². The number of anilines is 2. The average molecular weight is 250 g/mol. The van der Waals surface area contributed by atoms with Crippen LogP contribution in [0.5, 0.6) is 0 Å². The zero-order chi connectivity index (χ0) is 13.5. The van der Waals surface area contributed by atoms with Crippen molar-refractivity contribution in [3.8, 4) is 6.07 Å². The predicted molar refractivity (Wildman–Crippen MR) is 79.5 cm³/mol. The number of hydrogen-bond donors (Lipinski definition) is 1. The summed E-state index contributed by atoms with van der Waals surface area (Å²) in [5.74, 6) is 0. The van der Waals surface area contributed by atoms with Crippen LogP contribution in [0.3, 0.4) is 0 Å². The topological polar surface area (TPSA) is 35.8 Å². The summed E-state index contributed by atoms with van der Waals surface area (Å²) >= 11 is 0. The maximum absolute atomic E-state index is 9.05. The highest BCUT2D eigenvalue weighted by Gasteiger charge is 2.01. The SMILES string of the molecule is CCCCc1ccc(Nc2ccccc2C#N)cc1. The van der Waals surface area contributed by atoms with Crippen molar-refractivity contribution in [1.29, 1.82) is 5.26 Å². The van der Waals surface area contributed by atoms with Gasteiger partial charge in [0.25, 0.3) is 0 Å². The molecule has 1 N–H and O–H groups in total. The Balaban J connectivity index is 2.09. The number of nitrogens with zero attached hydrogens (tertiary/aromatic N) is 1. The van der Waals surface area contributed by atoms with E-state index in [1.807, 2.05) is 24.3 Å². The predicted octanol–water partition coefficient (Wildman–Crippen LogP) is 4.64. The highest BCUT2D eigenvalue weighted by Crippen LogP contribution is 2.20. The molecule has 0 heterocycles. The van der Waals surface area contributed by atoms with Gasteiger partial charge < -0.3 is 5.32 Å². The Bertz CT molecular complexity index is 565. The Kier molecular flexibility index (Phi) is 4.58. The van der Waals surface area contributed by atoms with Crippen molar-refractivity contribution in [3.63, 3.8) is 0 Å². The van der Waals surface area contributed by atoms with Gasteiger partial charge in [0.05, 0.1) is 11.3 Å². The first kappa shape index (κ1) is 13.2. The van der Waals surface area contributed by atoms with Gasteiger partial charge in [0.2, 0.25) is 0 Å². The zero-order valence-corrected chi connectivity index (χ0v) is 11.2.